The molecule has 0 aromatic heterocycles. The third kappa shape index (κ3) is 4.83. The second-order valence-electron chi connectivity index (χ2n) is 6.00. The van der Waals surface area contributed by atoms with Gasteiger partial charge in [-0.2, -0.15) is 0 Å². The first-order chi connectivity index (χ1) is 11.5. The minimum Gasteiger partial charge on any atom is -0.369 e. The number of likely N-dealkylation sites (N-methyl/N-ethyl adjacent to an activating group) is 1. The summed E-state index contributed by atoms with van der Waals surface area (Å²) in [6.07, 6.45) is 1.61. The highest BCUT2D eigenvalue weighted by atomic mass is 16.2. The Balaban J connectivity index is 2.04. The summed E-state index contributed by atoms with van der Waals surface area (Å²) in [7, 11) is 2.13. The van der Waals surface area contributed by atoms with Crippen LogP contribution >= 0.6 is 0 Å². The number of nitrogens with one attached hydrogen (secondary N) is 1. The van der Waals surface area contributed by atoms with Crippen LogP contribution in [-0.2, 0) is 9.59 Å². The summed E-state index contributed by atoms with van der Waals surface area (Å²) in [5, 5.41) is 2.69. The van der Waals surface area contributed by atoms with Gasteiger partial charge < -0.3 is 20.0 Å². The van der Waals surface area contributed by atoms with Gasteiger partial charge in [-0.1, -0.05) is 6.08 Å². The fourth-order valence-electron chi connectivity index (χ4n) is 2.68. The molecular formula is C18H26N4O2. The molecule has 2 amide bonds. The van der Waals surface area contributed by atoms with Crippen molar-refractivity contribution in [2.24, 2.45) is 0 Å². The molecule has 6 nitrogen and oxygen atoms in total. The van der Waals surface area contributed by atoms with E-state index in [1.54, 1.807) is 6.08 Å². The molecule has 0 unspecified atom stereocenters. The number of benzene rings is 1. The van der Waals surface area contributed by atoms with E-state index in [1.165, 1.54) is 11.8 Å². The number of hydrogen-bond donors (Lipinski definition) is 1. The monoisotopic (exact) mass is 330 g/mol. The Morgan fingerprint density at radius 3 is 2.38 bits per heavy atom. The third-order valence-electron chi connectivity index (χ3n) is 4.16. The second kappa shape index (κ2) is 8.49. The SMILES string of the molecule is C=CCNC(=O)CN(C(C)=O)c1ccc(N2CCN(C)CC2)cc1. The maximum Gasteiger partial charge on any atom is 0.240 e. The Kier molecular flexibility index (Phi) is 6.37. The van der Waals surface area contributed by atoms with Crippen LogP contribution in [0.15, 0.2) is 36.9 Å². The lowest BCUT2D eigenvalue weighted by Gasteiger charge is -2.34. The molecule has 1 fully saturated rings. The van der Waals surface area contributed by atoms with Gasteiger partial charge in [0.15, 0.2) is 0 Å². The van der Waals surface area contributed by atoms with Crippen molar-refractivity contribution in [2.45, 2.75) is 6.92 Å². The van der Waals surface area contributed by atoms with E-state index in [0.29, 0.717) is 6.54 Å². The molecule has 0 spiro atoms. The maximum atomic E-state index is 11.9. The van der Waals surface area contributed by atoms with Crippen LogP contribution in [0.3, 0.4) is 0 Å². The molecule has 1 aromatic rings. The van der Waals surface area contributed by atoms with Crippen molar-refractivity contribution in [2.75, 3.05) is 56.1 Å². The Morgan fingerprint density at radius 2 is 1.83 bits per heavy atom. The van der Waals surface area contributed by atoms with Crippen molar-refractivity contribution in [3.63, 3.8) is 0 Å². The van der Waals surface area contributed by atoms with E-state index in [1.807, 2.05) is 24.3 Å². The molecule has 0 radical (unpaired) electrons. The molecule has 1 aromatic carbocycles. The van der Waals surface area contributed by atoms with Crippen molar-refractivity contribution in [3.05, 3.63) is 36.9 Å². The Morgan fingerprint density at radius 1 is 1.21 bits per heavy atom. The molecule has 1 aliphatic rings. The molecule has 130 valence electrons. The summed E-state index contributed by atoms with van der Waals surface area (Å²) in [6, 6.07) is 7.82. The normalized spacial score (nSPS) is 15.0. The van der Waals surface area contributed by atoms with Gasteiger partial charge in [0.1, 0.15) is 6.54 Å². The first kappa shape index (κ1) is 18.0. The number of rotatable bonds is 6. The molecule has 1 saturated heterocycles. The van der Waals surface area contributed by atoms with Gasteiger partial charge in [-0.15, -0.1) is 6.58 Å². The lowest BCUT2D eigenvalue weighted by atomic mass is 10.2. The Bertz CT molecular complexity index is 577. The van der Waals surface area contributed by atoms with Crippen LogP contribution in [0.2, 0.25) is 0 Å². The van der Waals surface area contributed by atoms with E-state index in [-0.39, 0.29) is 18.4 Å². The number of amides is 2. The zero-order chi connectivity index (χ0) is 17.5. The topological polar surface area (TPSA) is 55.9 Å². The predicted molar refractivity (Wildman–Crippen MR) is 97.4 cm³/mol. The predicted octanol–water partition coefficient (Wildman–Crippen LogP) is 1.09. The van der Waals surface area contributed by atoms with Crippen molar-refractivity contribution in [1.82, 2.24) is 10.2 Å². The first-order valence-corrected chi connectivity index (χ1v) is 8.20. The zero-order valence-corrected chi connectivity index (χ0v) is 14.5. The number of anilines is 2. The summed E-state index contributed by atoms with van der Waals surface area (Å²) < 4.78 is 0. The summed E-state index contributed by atoms with van der Waals surface area (Å²) in [5.74, 6) is -0.357. The lowest BCUT2D eigenvalue weighted by Crippen LogP contribution is -2.44. The Labute approximate surface area is 143 Å². The van der Waals surface area contributed by atoms with Crippen LogP contribution in [-0.4, -0.2) is 63.0 Å². The standard InChI is InChI=1S/C18H26N4O2/c1-4-9-19-18(24)14-22(15(2)23)17-7-5-16(6-8-17)21-12-10-20(3)11-13-21/h4-8H,1,9-14H2,2-3H3,(H,19,24). The molecule has 2 rings (SSSR count). The van der Waals surface area contributed by atoms with Crippen LogP contribution in [0.4, 0.5) is 11.4 Å². The fourth-order valence-corrected chi connectivity index (χ4v) is 2.68. The van der Waals surface area contributed by atoms with E-state index in [9.17, 15) is 9.59 Å². The van der Waals surface area contributed by atoms with Crippen molar-refractivity contribution < 1.29 is 9.59 Å². The number of piperazine rings is 1. The first-order valence-electron chi connectivity index (χ1n) is 8.20. The van der Waals surface area contributed by atoms with Gasteiger partial charge in [-0.05, 0) is 31.3 Å². The van der Waals surface area contributed by atoms with Gasteiger partial charge in [0.2, 0.25) is 11.8 Å². The second-order valence-corrected chi connectivity index (χ2v) is 6.00. The average molecular weight is 330 g/mol. The number of hydrogen-bond acceptors (Lipinski definition) is 4. The number of carbonyl (C=O) groups excluding carboxylic acids is 2. The molecule has 0 aliphatic carbocycles. The molecule has 1 heterocycles. The van der Waals surface area contributed by atoms with E-state index >= 15 is 0 Å². The van der Waals surface area contributed by atoms with Crippen LogP contribution in [0.5, 0.6) is 0 Å². The van der Waals surface area contributed by atoms with Crippen molar-refractivity contribution in [3.8, 4) is 0 Å². The van der Waals surface area contributed by atoms with Gasteiger partial charge in [0.25, 0.3) is 0 Å². The summed E-state index contributed by atoms with van der Waals surface area (Å²) in [5.41, 5.74) is 1.88. The number of carbonyl (C=O) groups is 2. The minimum absolute atomic E-state index is 0.0109. The Hall–Kier alpha value is -2.34. The van der Waals surface area contributed by atoms with Gasteiger partial charge in [-0.25, -0.2) is 0 Å². The molecular weight excluding hydrogens is 304 g/mol. The quantitative estimate of drug-likeness (QED) is 0.794. The average Bonchev–Trinajstić information content (AvgIpc) is 2.58. The molecule has 24 heavy (non-hydrogen) atoms. The van der Waals surface area contributed by atoms with Crippen molar-refractivity contribution >= 4 is 23.2 Å². The van der Waals surface area contributed by atoms with Crippen LogP contribution in [0.25, 0.3) is 0 Å². The van der Waals surface area contributed by atoms with E-state index < -0.39 is 0 Å². The molecule has 1 aliphatic heterocycles. The van der Waals surface area contributed by atoms with Gasteiger partial charge >= 0.3 is 0 Å². The van der Waals surface area contributed by atoms with Crippen molar-refractivity contribution in [1.29, 1.82) is 0 Å². The van der Waals surface area contributed by atoms with Gasteiger partial charge in [0, 0.05) is 51.0 Å². The minimum atomic E-state index is -0.201. The third-order valence-corrected chi connectivity index (χ3v) is 4.16. The lowest BCUT2D eigenvalue weighted by molar-refractivity contribution is -0.122. The molecule has 0 atom stereocenters. The largest absolute Gasteiger partial charge is 0.369 e. The van der Waals surface area contributed by atoms with E-state index in [0.717, 1.165) is 37.6 Å². The maximum absolute atomic E-state index is 11.9. The number of nitrogens with zero attached hydrogens (tertiary/aromatic N) is 3. The van der Waals surface area contributed by atoms with E-state index in [2.05, 4.69) is 28.7 Å². The zero-order valence-electron chi connectivity index (χ0n) is 14.5. The van der Waals surface area contributed by atoms with Crippen LogP contribution < -0.4 is 15.1 Å². The van der Waals surface area contributed by atoms with Crippen LogP contribution in [0, 0.1) is 0 Å². The van der Waals surface area contributed by atoms with Gasteiger partial charge in [0.05, 0.1) is 0 Å². The van der Waals surface area contributed by atoms with E-state index in [4.69, 9.17) is 0 Å². The highest BCUT2D eigenvalue weighted by Gasteiger charge is 2.17. The van der Waals surface area contributed by atoms with Crippen LogP contribution in [0.1, 0.15) is 6.92 Å². The summed E-state index contributed by atoms with van der Waals surface area (Å²) >= 11 is 0. The molecule has 1 N–H and O–H groups in total. The summed E-state index contributed by atoms with van der Waals surface area (Å²) in [6.45, 7) is 9.52. The molecule has 0 bridgehead atoms. The highest BCUT2D eigenvalue weighted by Crippen LogP contribution is 2.22. The highest BCUT2D eigenvalue weighted by molar-refractivity contribution is 5.97. The smallest absolute Gasteiger partial charge is 0.240 e. The fraction of sp³-hybridized carbons (Fsp3) is 0.444. The molecule has 6 heteroatoms. The summed E-state index contributed by atoms with van der Waals surface area (Å²) in [4.78, 5) is 29.9. The molecule has 0 saturated carbocycles. The van der Waals surface area contributed by atoms with Gasteiger partial charge in [-0.3, -0.25) is 9.59 Å².